The summed E-state index contributed by atoms with van der Waals surface area (Å²) in [6.07, 6.45) is 0. The van der Waals surface area contributed by atoms with Crippen LogP contribution in [0.3, 0.4) is 0 Å². The molecule has 0 fully saturated rings. The summed E-state index contributed by atoms with van der Waals surface area (Å²) < 4.78 is 64.7. The minimum absolute atomic E-state index is 0. The molecule has 0 aliphatic rings. The monoisotopic (exact) mass is 469 g/mol. The molecule has 3 aromatic carbocycles. The molecule has 0 bridgehead atoms. The summed E-state index contributed by atoms with van der Waals surface area (Å²) in [5.41, 5.74) is 1.79. The largest absolute Gasteiger partial charge is 1.00 e. The van der Waals surface area contributed by atoms with Crippen molar-refractivity contribution < 1.29 is 87.9 Å². The van der Waals surface area contributed by atoms with E-state index in [0.717, 1.165) is 11.8 Å². The molecule has 9 nitrogen and oxygen atoms in total. The van der Waals surface area contributed by atoms with Crippen LogP contribution in [0.15, 0.2) is 74.6 Å². The predicted octanol–water partition coefficient (Wildman–Crippen LogP) is -1.98. The predicted molar refractivity (Wildman–Crippen MR) is 106 cm³/mol. The van der Waals surface area contributed by atoms with E-state index in [9.17, 15) is 25.9 Å². The molecule has 0 radical (unpaired) electrons. The third-order valence-electron chi connectivity index (χ3n) is 3.88. The topological polar surface area (TPSA) is 145 Å². The molecule has 3 N–H and O–H groups in total. The molecule has 30 heavy (non-hydrogen) atoms. The molecule has 0 amide bonds. The van der Waals surface area contributed by atoms with Crippen molar-refractivity contribution in [3.05, 3.63) is 54.6 Å². The minimum Gasteiger partial charge on any atom is -1.00 e. The van der Waals surface area contributed by atoms with Gasteiger partial charge in [0.1, 0.15) is 4.90 Å². The number of nitrogens with one attached hydrogen (secondary N) is 1. The summed E-state index contributed by atoms with van der Waals surface area (Å²) >= 11 is 0. The summed E-state index contributed by atoms with van der Waals surface area (Å²) in [6.45, 7) is 0. The zero-order valence-electron chi connectivity index (χ0n) is 18.4. The van der Waals surface area contributed by atoms with Crippen molar-refractivity contribution in [2.45, 2.75) is 9.79 Å². The Morgan fingerprint density at radius 2 is 1.37 bits per heavy atom. The maximum atomic E-state index is 11.6. The van der Waals surface area contributed by atoms with Crippen molar-refractivity contribution in [3.63, 3.8) is 0 Å². The summed E-state index contributed by atoms with van der Waals surface area (Å²) in [7, 11) is -7.62. The van der Waals surface area contributed by atoms with E-state index in [2.05, 4.69) is 15.5 Å². The van der Waals surface area contributed by atoms with E-state index in [4.69, 9.17) is 0 Å². The molecule has 0 atom stereocenters. The Balaban J connectivity index is 0. The molecule has 0 aromatic heterocycles. The van der Waals surface area contributed by atoms with E-state index in [0.29, 0.717) is 17.4 Å². The molecule has 0 unspecified atom stereocenters. The minimum atomic E-state index is -4.72. The van der Waals surface area contributed by atoms with Gasteiger partial charge in [0.2, 0.25) is 0 Å². The van der Waals surface area contributed by atoms with Crippen molar-refractivity contribution in [3.8, 4) is 0 Å². The zero-order valence-corrected chi connectivity index (χ0v) is 22.1. The van der Waals surface area contributed by atoms with Crippen LogP contribution in [-0.4, -0.2) is 33.0 Å². The average Bonchev–Trinajstić information content (AvgIpc) is 2.64. The van der Waals surface area contributed by atoms with Crippen LogP contribution in [0, 0.1) is 0 Å². The van der Waals surface area contributed by atoms with E-state index in [1.165, 1.54) is 18.2 Å². The molecule has 0 aliphatic carbocycles. The zero-order chi connectivity index (χ0) is 20.5. The van der Waals surface area contributed by atoms with Gasteiger partial charge in [0.15, 0.2) is 0 Å². The molecule has 0 spiro atoms. The fraction of sp³-hybridized carbons (Fsp3) is 0.0588. The smallest absolute Gasteiger partial charge is 1.00 e. The second kappa shape index (κ2) is 10.6. The van der Waals surface area contributed by atoms with Crippen molar-refractivity contribution in [1.29, 1.82) is 0 Å². The fourth-order valence-electron chi connectivity index (χ4n) is 2.53. The van der Waals surface area contributed by atoms with Gasteiger partial charge in [0.25, 0.3) is 20.2 Å². The van der Waals surface area contributed by atoms with Crippen LogP contribution in [0.1, 0.15) is 2.85 Å². The van der Waals surface area contributed by atoms with Crippen LogP contribution >= 0.6 is 0 Å². The molecule has 0 heterocycles. The third kappa shape index (κ3) is 6.57. The van der Waals surface area contributed by atoms with E-state index in [1.807, 2.05) is 12.1 Å². The molecule has 0 aliphatic heterocycles. The second-order valence-corrected chi connectivity index (χ2v) is 8.59. The van der Waals surface area contributed by atoms with Crippen molar-refractivity contribution >= 4 is 48.1 Å². The fourth-order valence-corrected chi connectivity index (χ4v) is 3.89. The van der Waals surface area contributed by atoms with Crippen LogP contribution < -0.4 is 64.4 Å². The van der Waals surface area contributed by atoms with Gasteiger partial charge in [-0.1, -0.05) is 6.07 Å². The number of anilines is 1. The number of fused-ring (bicyclic) bond motifs is 1. The van der Waals surface area contributed by atoms with Crippen LogP contribution in [0.4, 0.5) is 17.1 Å². The summed E-state index contributed by atoms with van der Waals surface area (Å²) in [6, 6.07) is 13.1. The molecule has 0 saturated heterocycles. The van der Waals surface area contributed by atoms with Gasteiger partial charge in [0, 0.05) is 18.1 Å². The Labute approximate surface area is 221 Å². The molecule has 0 saturated carbocycles. The number of nitrogens with zero attached hydrogens (tertiary/aromatic N) is 2. The quantitative estimate of drug-likeness (QED) is 0.223. The maximum Gasteiger partial charge on any atom is 1.00 e. The number of rotatable bonds is 5. The average molecular weight is 469 g/mol. The molecule has 3 rings (SSSR count). The number of hydrogen-bond donors (Lipinski definition) is 3. The SMILES string of the molecule is CNc1ccc(N=Nc2ccc3c(S(=O)(=O)O)cc(S(=O)(=O)O)cc3c2)cc1.[H-].[H-].[Na+].[Na+]. The van der Waals surface area contributed by atoms with Gasteiger partial charge in [-0.3, -0.25) is 9.11 Å². The normalized spacial score (nSPS) is 11.7. The van der Waals surface area contributed by atoms with Gasteiger partial charge < -0.3 is 8.17 Å². The Morgan fingerprint density at radius 3 is 1.90 bits per heavy atom. The van der Waals surface area contributed by atoms with Gasteiger partial charge in [-0.25, -0.2) is 0 Å². The Kier molecular flexibility index (Phi) is 9.64. The van der Waals surface area contributed by atoms with Gasteiger partial charge in [-0.15, -0.1) is 0 Å². The molecule has 150 valence electrons. The molecular formula is C17H17N3Na2O6S2. The van der Waals surface area contributed by atoms with Gasteiger partial charge in [-0.2, -0.15) is 27.1 Å². The molecular weight excluding hydrogens is 452 g/mol. The van der Waals surface area contributed by atoms with Crippen LogP contribution in [0.5, 0.6) is 0 Å². The van der Waals surface area contributed by atoms with Crippen LogP contribution in [0.25, 0.3) is 10.8 Å². The summed E-state index contributed by atoms with van der Waals surface area (Å²) in [5.74, 6) is 0. The van der Waals surface area contributed by atoms with Gasteiger partial charge in [0.05, 0.1) is 16.3 Å². The third-order valence-corrected chi connectivity index (χ3v) is 5.61. The standard InChI is InChI=1S/C17H15N3O6S2.2Na.2H/c1-18-12-2-4-13(5-3-12)19-20-14-6-7-16-11(8-14)9-15(27(21,22)23)10-17(16)28(24,25)26;;;;/h2-10,18H,1H3,(H,21,22,23)(H,24,25,26);;;;/q;2*+1;2*-1. The summed E-state index contributed by atoms with van der Waals surface area (Å²) in [5, 5.41) is 11.3. The van der Waals surface area contributed by atoms with Crippen LogP contribution in [0.2, 0.25) is 0 Å². The van der Waals surface area contributed by atoms with Crippen molar-refractivity contribution in [1.82, 2.24) is 0 Å². The first kappa shape index (κ1) is 27.2. The number of benzene rings is 3. The number of hydrogen-bond acceptors (Lipinski definition) is 7. The van der Waals surface area contributed by atoms with Gasteiger partial charge >= 0.3 is 59.1 Å². The van der Waals surface area contributed by atoms with Crippen molar-refractivity contribution in [2.75, 3.05) is 12.4 Å². The van der Waals surface area contributed by atoms with E-state index in [-0.39, 0.29) is 72.7 Å². The first-order valence-electron chi connectivity index (χ1n) is 7.80. The van der Waals surface area contributed by atoms with Crippen molar-refractivity contribution in [2.24, 2.45) is 10.2 Å². The Hall–Kier alpha value is -0.860. The first-order chi connectivity index (χ1) is 13.1. The van der Waals surface area contributed by atoms with E-state index >= 15 is 0 Å². The molecule has 3 aromatic rings. The van der Waals surface area contributed by atoms with Gasteiger partial charge in [-0.05, 0) is 53.9 Å². The van der Waals surface area contributed by atoms with E-state index in [1.54, 1.807) is 19.2 Å². The Morgan fingerprint density at radius 1 is 0.800 bits per heavy atom. The van der Waals surface area contributed by atoms with Crippen LogP contribution in [-0.2, 0) is 20.2 Å². The Bertz CT molecular complexity index is 1310. The maximum absolute atomic E-state index is 11.6. The number of azo groups is 1. The first-order valence-corrected chi connectivity index (χ1v) is 10.7. The second-order valence-electron chi connectivity index (χ2n) is 5.77. The van der Waals surface area contributed by atoms with E-state index < -0.39 is 30.0 Å². The molecule has 13 heteroatoms. The summed E-state index contributed by atoms with van der Waals surface area (Å²) in [4.78, 5) is -1.30.